The Morgan fingerprint density at radius 1 is 1.60 bits per heavy atom. The van der Waals surface area contributed by atoms with Gasteiger partial charge < -0.3 is 9.84 Å². The molecule has 0 amide bonds. The van der Waals surface area contributed by atoms with Crippen LogP contribution < -0.4 is 0 Å². The second-order valence-electron chi connectivity index (χ2n) is 2.38. The van der Waals surface area contributed by atoms with Gasteiger partial charge >= 0.3 is 5.97 Å². The topological polar surface area (TPSA) is 76.0 Å². The summed E-state index contributed by atoms with van der Waals surface area (Å²) < 4.78 is 4.55. The van der Waals surface area contributed by atoms with Crippen LogP contribution in [0.25, 0.3) is 0 Å². The van der Waals surface area contributed by atoms with Crippen molar-refractivity contribution in [3.05, 3.63) is 16.4 Å². The molecule has 0 aliphatic rings. The lowest BCUT2D eigenvalue weighted by Gasteiger charge is -2.03. The van der Waals surface area contributed by atoms with Crippen LogP contribution in [0.3, 0.4) is 0 Å². The maximum Gasteiger partial charge on any atom is 0.364 e. The number of hydrogen-bond acceptors (Lipinski definition) is 7. The molecule has 0 aliphatic heterocycles. The highest BCUT2D eigenvalue weighted by Crippen LogP contribution is 2.12. The summed E-state index contributed by atoms with van der Waals surface area (Å²) in [6, 6.07) is 0. The minimum Gasteiger partial charge on any atom is -0.509 e. The number of carbonyl (C=O) groups excluding carboxylic acids is 1. The molecule has 0 radical (unpaired) electrons. The molecule has 86 valence electrons. The Morgan fingerprint density at radius 3 is 2.73 bits per heavy atom. The van der Waals surface area contributed by atoms with Gasteiger partial charge in [-0.05, 0) is 17.9 Å². The average Bonchev–Trinajstić information content (AvgIpc) is 2.19. The van der Waals surface area contributed by atoms with E-state index >= 15 is 0 Å². The van der Waals surface area contributed by atoms with E-state index in [1.165, 1.54) is 11.8 Å². The van der Waals surface area contributed by atoms with Crippen LogP contribution in [-0.4, -0.2) is 34.9 Å². The Labute approximate surface area is 97.6 Å². The number of thioether (sulfide) groups is 1. The van der Waals surface area contributed by atoms with Crippen molar-refractivity contribution in [1.29, 1.82) is 0 Å². The van der Waals surface area contributed by atoms with Gasteiger partial charge in [0.2, 0.25) is 5.70 Å². The first-order valence-corrected chi connectivity index (χ1v) is 6.07. The molecule has 15 heavy (non-hydrogen) atoms. The molecule has 0 aromatic heterocycles. The molecule has 0 aromatic rings. The molecule has 0 saturated carbocycles. The molecule has 1 N–H and O–H groups in total. The van der Waals surface area contributed by atoms with Crippen LogP contribution in [0.4, 0.5) is 0 Å². The molecule has 5 nitrogen and oxygen atoms in total. The summed E-state index contributed by atoms with van der Waals surface area (Å²) in [6.45, 7) is 1.74. The molecular weight excluding hydrogens is 238 g/mol. The lowest BCUT2D eigenvalue weighted by molar-refractivity contribution is -0.138. The monoisotopic (exact) mass is 251 g/mol. The number of aliphatic hydroxyl groups is 1. The standard InChI is InChI=1S/C8H13NO4S2/c1-2-13-8(11)7(9-12)6(10)5-15-4-3-14/h10,14H,2-5H2,1H3. The second kappa shape index (κ2) is 8.60. The van der Waals surface area contributed by atoms with Crippen molar-refractivity contribution in [2.45, 2.75) is 6.92 Å². The maximum atomic E-state index is 11.1. The van der Waals surface area contributed by atoms with Gasteiger partial charge in [-0.1, -0.05) is 0 Å². The van der Waals surface area contributed by atoms with Crippen molar-refractivity contribution in [3.8, 4) is 0 Å². The van der Waals surface area contributed by atoms with Gasteiger partial charge in [-0.15, -0.1) is 4.91 Å². The summed E-state index contributed by atoms with van der Waals surface area (Å²) in [5, 5.41) is 11.8. The van der Waals surface area contributed by atoms with E-state index in [1.54, 1.807) is 6.92 Å². The first-order chi connectivity index (χ1) is 7.17. The zero-order valence-corrected chi connectivity index (χ0v) is 10.0. The van der Waals surface area contributed by atoms with E-state index < -0.39 is 11.7 Å². The highest BCUT2D eigenvalue weighted by molar-refractivity contribution is 8.00. The molecule has 0 rings (SSSR count). The Morgan fingerprint density at radius 2 is 2.27 bits per heavy atom. The van der Waals surface area contributed by atoms with Gasteiger partial charge in [0.1, 0.15) is 5.76 Å². The third-order valence-electron chi connectivity index (χ3n) is 1.31. The van der Waals surface area contributed by atoms with Gasteiger partial charge in [-0.25, -0.2) is 4.79 Å². The van der Waals surface area contributed by atoms with Gasteiger partial charge in [-0.2, -0.15) is 24.4 Å². The minimum absolute atomic E-state index is 0.134. The van der Waals surface area contributed by atoms with Crippen molar-refractivity contribution < 1.29 is 14.6 Å². The van der Waals surface area contributed by atoms with Crippen molar-refractivity contribution in [1.82, 2.24) is 0 Å². The minimum atomic E-state index is -0.892. The van der Waals surface area contributed by atoms with E-state index in [2.05, 4.69) is 22.5 Å². The highest BCUT2D eigenvalue weighted by Gasteiger charge is 2.17. The van der Waals surface area contributed by atoms with Crippen LogP contribution >= 0.6 is 24.4 Å². The predicted molar refractivity (Wildman–Crippen MR) is 63.3 cm³/mol. The summed E-state index contributed by atoms with van der Waals surface area (Å²) >= 11 is 5.33. The number of nitroso groups, excluding NO2 is 1. The molecule has 0 bridgehead atoms. The van der Waals surface area contributed by atoms with E-state index in [9.17, 15) is 14.8 Å². The number of esters is 1. The highest BCUT2D eigenvalue weighted by atomic mass is 32.2. The number of ether oxygens (including phenoxy) is 1. The van der Waals surface area contributed by atoms with Crippen LogP contribution in [0.2, 0.25) is 0 Å². The predicted octanol–water partition coefficient (Wildman–Crippen LogP) is 1.75. The van der Waals surface area contributed by atoms with Crippen LogP contribution in [0, 0.1) is 4.91 Å². The normalized spacial score (nSPS) is 11.9. The van der Waals surface area contributed by atoms with E-state index in [0.717, 1.165) is 0 Å². The van der Waals surface area contributed by atoms with Crippen LogP contribution in [0.5, 0.6) is 0 Å². The quantitative estimate of drug-likeness (QED) is 0.180. The summed E-state index contributed by atoms with van der Waals surface area (Å²) in [5.74, 6) is 0.274. The number of aliphatic hydroxyl groups excluding tert-OH is 1. The molecule has 0 spiro atoms. The lowest BCUT2D eigenvalue weighted by atomic mass is 10.4. The van der Waals surface area contributed by atoms with Gasteiger partial charge in [-0.3, -0.25) is 0 Å². The summed E-state index contributed by atoms with van der Waals surface area (Å²) in [7, 11) is 0. The SMILES string of the molecule is CCOC(=O)C(N=O)=C(O)CSCCS. The van der Waals surface area contributed by atoms with Crippen molar-refractivity contribution in [3.63, 3.8) is 0 Å². The molecule has 7 heteroatoms. The fourth-order valence-electron chi connectivity index (χ4n) is 0.709. The number of thiol groups is 1. The average molecular weight is 251 g/mol. The first-order valence-electron chi connectivity index (χ1n) is 4.28. The van der Waals surface area contributed by atoms with Crippen molar-refractivity contribution in [2.75, 3.05) is 23.9 Å². The third-order valence-corrected chi connectivity index (χ3v) is 2.80. The summed E-state index contributed by atoms with van der Waals surface area (Å²) in [4.78, 5) is 21.4. The zero-order valence-electron chi connectivity index (χ0n) is 8.30. The number of carbonyl (C=O) groups is 1. The zero-order chi connectivity index (χ0) is 11.7. The molecule has 0 aromatic carbocycles. The first kappa shape index (κ1) is 14.3. The van der Waals surface area contributed by atoms with E-state index in [-0.39, 0.29) is 18.1 Å². The molecule has 0 saturated heterocycles. The Balaban J connectivity index is 4.38. The molecule has 0 aliphatic carbocycles. The smallest absolute Gasteiger partial charge is 0.364 e. The van der Waals surface area contributed by atoms with E-state index in [0.29, 0.717) is 11.5 Å². The fraction of sp³-hybridized carbons (Fsp3) is 0.625. The number of hydrogen-bond donors (Lipinski definition) is 2. The van der Waals surface area contributed by atoms with Crippen molar-refractivity contribution >= 4 is 30.4 Å². The van der Waals surface area contributed by atoms with Crippen LogP contribution in [0.15, 0.2) is 16.6 Å². The Kier molecular flexibility index (Phi) is 8.21. The van der Waals surface area contributed by atoms with Gasteiger partial charge in [0.15, 0.2) is 0 Å². The summed E-state index contributed by atoms with van der Waals surface area (Å²) in [5.41, 5.74) is -0.552. The largest absolute Gasteiger partial charge is 0.509 e. The van der Waals surface area contributed by atoms with Gasteiger partial charge in [0, 0.05) is 5.75 Å². The maximum absolute atomic E-state index is 11.1. The third kappa shape index (κ3) is 5.68. The Bertz CT molecular complexity index is 255. The second-order valence-corrected chi connectivity index (χ2v) is 3.94. The van der Waals surface area contributed by atoms with E-state index in [4.69, 9.17) is 0 Å². The molecule has 0 atom stereocenters. The molecule has 0 heterocycles. The van der Waals surface area contributed by atoms with Crippen LogP contribution in [0.1, 0.15) is 6.92 Å². The van der Waals surface area contributed by atoms with Crippen molar-refractivity contribution in [2.24, 2.45) is 5.18 Å². The summed E-state index contributed by atoms with van der Waals surface area (Å²) in [6.07, 6.45) is 0. The van der Waals surface area contributed by atoms with Gasteiger partial charge in [0.05, 0.1) is 12.4 Å². The molecular formula is C8H13NO4S2. The lowest BCUT2D eigenvalue weighted by Crippen LogP contribution is -2.09. The van der Waals surface area contributed by atoms with E-state index in [1.807, 2.05) is 0 Å². The Hall–Kier alpha value is -0.690. The number of rotatable bonds is 7. The molecule has 0 fully saturated rings. The fourth-order valence-corrected chi connectivity index (χ4v) is 1.70. The molecule has 0 unspecified atom stereocenters. The number of nitrogens with zero attached hydrogens (tertiary/aromatic N) is 1. The van der Waals surface area contributed by atoms with Gasteiger partial charge in [0.25, 0.3) is 0 Å². The van der Waals surface area contributed by atoms with Crippen LogP contribution in [-0.2, 0) is 9.53 Å².